The van der Waals surface area contributed by atoms with Crippen LogP contribution in [-0.4, -0.2) is 44.1 Å². The molecule has 0 radical (unpaired) electrons. The molecule has 1 fully saturated rings. The van der Waals surface area contributed by atoms with Crippen LogP contribution < -0.4 is 10.6 Å². The van der Waals surface area contributed by atoms with Crippen LogP contribution in [0.4, 0.5) is 0 Å². The lowest BCUT2D eigenvalue weighted by molar-refractivity contribution is -0.120. The molecule has 3 aromatic rings. The van der Waals surface area contributed by atoms with Gasteiger partial charge in [0.1, 0.15) is 11.5 Å². The monoisotopic (exact) mass is 413 g/mol. The summed E-state index contributed by atoms with van der Waals surface area (Å²) in [5, 5.41) is 13.2. The molecule has 0 bridgehead atoms. The van der Waals surface area contributed by atoms with Crippen molar-refractivity contribution in [2.24, 2.45) is 5.92 Å². The van der Waals surface area contributed by atoms with Gasteiger partial charge < -0.3 is 10.6 Å². The second-order valence-electron chi connectivity index (χ2n) is 7.03. The highest BCUT2D eigenvalue weighted by atomic mass is 35.5. The van der Waals surface area contributed by atoms with Crippen LogP contribution in [0.3, 0.4) is 0 Å². The molecule has 3 heterocycles. The maximum Gasteiger partial charge on any atom is 0.224 e. The summed E-state index contributed by atoms with van der Waals surface area (Å²) in [5.41, 5.74) is 2.92. The molecule has 152 valence electrons. The van der Waals surface area contributed by atoms with E-state index in [-0.39, 0.29) is 18.3 Å². The highest BCUT2D eigenvalue weighted by Gasteiger charge is 2.15. The number of H-pyrrole nitrogens is 1. The van der Waals surface area contributed by atoms with E-state index in [9.17, 15) is 4.79 Å². The molecule has 9 heteroatoms. The minimum absolute atomic E-state index is 0. The van der Waals surface area contributed by atoms with E-state index < -0.39 is 0 Å². The smallest absolute Gasteiger partial charge is 0.224 e. The lowest BCUT2D eigenvalue weighted by atomic mass is 9.97. The van der Waals surface area contributed by atoms with Crippen molar-refractivity contribution < 1.29 is 4.79 Å². The number of carbonyl (C=O) groups is 1. The Bertz CT molecular complexity index is 908. The quantitative estimate of drug-likeness (QED) is 0.544. The summed E-state index contributed by atoms with van der Waals surface area (Å²) >= 11 is 0. The number of rotatable bonds is 7. The molecule has 1 amide bonds. The zero-order chi connectivity index (χ0) is 19.2. The molecule has 1 unspecified atom stereocenters. The third-order valence-electron chi connectivity index (χ3n) is 4.85. The lowest BCUT2D eigenvalue weighted by Crippen LogP contribution is -2.25. The van der Waals surface area contributed by atoms with E-state index in [0.29, 0.717) is 30.3 Å². The van der Waals surface area contributed by atoms with Crippen LogP contribution in [0.15, 0.2) is 42.9 Å². The van der Waals surface area contributed by atoms with Gasteiger partial charge in [-0.15, -0.1) is 12.4 Å². The van der Waals surface area contributed by atoms with Gasteiger partial charge >= 0.3 is 0 Å². The lowest BCUT2D eigenvalue weighted by Gasteiger charge is -2.09. The van der Waals surface area contributed by atoms with Crippen molar-refractivity contribution in [1.82, 2.24) is 35.8 Å². The molecular formula is C20H24ClN7O. The molecule has 4 rings (SSSR count). The average Bonchev–Trinajstić information content (AvgIpc) is 3.41. The van der Waals surface area contributed by atoms with Crippen molar-refractivity contribution in [2.75, 3.05) is 13.1 Å². The summed E-state index contributed by atoms with van der Waals surface area (Å²) in [6, 6.07) is 8.34. The molecule has 29 heavy (non-hydrogen) atoms. The summed E-state index contributed by atoms with van der Waals surface area (Å²) in [6.07, 6.45) is 7.46. The minimum atomic E-state index is -0.0507. The number of carbonyl (C=O) groups excluding carboxylic acids is 1. The van der Waals surface area contributed by atoms with Crippen molar-refractivity contribution in [2.45, 2.75) is 25.8 Å². The molecule has 1 atom stereocenters. The van der Waals surface area contributed by atoms with Gasteiger partial charge in [-0.25, -0.2) is 9.97 Å². The Morgan fingerprint density at radius 3 is 2.72 bits per heavy atom. The first-order valence-corrected chi connectivity index (χ1v) is 9.49. The largest absolute Gasteiger partial charge is 0.349 e. The molecule has 1 aliphatic rings. The molecule has 0 saturated carbocycles. The number of nitrogens with zero attached hydrogens (tertiary/aromatic N) is 4. The first-order chi connectivity index (χ1) is 13.8. The van der Waals surface area contributed by atoms with Gasteiger partial charge in [-0.05, 0) is 43.0 Å². The summed E-state index contributed by atoms with van der Waals surface area (Å²) in [5.74, 6) is 1.72. The predicted octanol–water partition coefficient (Wildman–Crippen LogP) is 1.69. The number of aromatic amines is 1. The average molecular weight is 414 g/mol. The number of nitrogens with one attached hydrogen (secondary N) is 3. The van der Waals surface area contributed by atoms with Crippen molar-refractivity contribution in [1.29, 1.82) is 0 Å². The van der Waals surface area contributed by atoms with Crippen LogP contribution in [0.2, 0.25) is 0 Å². The molecule has 1 aliphatic heterocycles. The van der Waals surface area contributed by atoms with Crippen LogP contribution in [-0.2, 0) is 24.2 Å². The van der Waals surface area contributed by atoms with Crippen LogP contribution in [0, 0.1) is 5.92 Å². The highest BCUT2D eigenvalue weighted by molar-refractivity contribution is 5.85. The molecule has 2 aromatic heterocycles. The molecular weight excluding hydrogens is 390 g/mol. The fourth-order valence-electron chi connectivity index (χ4n) is 3.35. The number of amides is 1. The van der Waals surface area contributed by atoms with E-state index >= 15 is 0 Å². The summed E-state index contributed by atoms with van der Waals surface area (Å²) in [7, 11) is 0. The second kappa shape index (κ2) is 10.1. The molecule has 1 saturated heterocycles. The SMILES string of the molecule is Cl.O=C(Cc1ccc(CC2CCNC2)cc1)NCc1nc(-c2cnccn2)n[nH]1. The second-order valence-corrected chi connectivity index (χ2v) is 7.03. The molecule has 1 aromatic carbocycles. The zero-order valence-electron chi connectivity index (χ0n) is 16.0. The van der Waals surface area contributed by atoms with Gasteiger partial charge in [0.2, 0.25) is 11.7 Å². The maximum absolute atomic E-state index is 12.2. The van der Waals surface area contributed by atoms with Crippen LogP contribution in [0.5, 0.6) is 0 Å². The van der Waals surface area contributed by atoms with Crippen LogP contribution in [0.1, 0.15) is 23.4 Å². The van der Waals surface area contributed by atoms with E-state index in [1.54, 1.807) is 18.6 Å². The predicted molar refractivity (Wildman–Crippen MR) is 111 cm³/mol. The maximum atomic E-state index is 12.2. The minimum Gasteiger partial charge on any atom is -0.349 e. The molecule has 8 nitrogen and oxygen atoms in total. The van der Waals surface area contributed by atoms with Gasteiger partial charge in [0.25, 0.3) is 0 Å². The Labute approximate surface area is 175 Å². The molecule has 0 aliphatic carbocycles. The van der Waals surface area contributed by atoms with Crippen LogP contribution in [0.25, 0.3) is 11.5 Å². The van der Waals surface area contributed by atoms with Gasteiger partial charge in [0, 0.05) is 12.4 Å². The number of halogens is 1. The Kier molecular flexibility index (Phi) is 7.26. The van der Waals surface area contributed by atoms with Gasteiger partial charge in [0.05, 0.1) is 19.2 Å². The van der Waals surface area contributed by atoms with Gasteiger partial charge in [-0.3, -0.25) is 14.9 Å². The van der Waals surface area contributed by atoms with Crippen molar-refractivity contribution >= 4 is 18.3 Å². The highest BCUT2D eigenvalue weighted by Crippen LogP contribution is 2.16. The van der Waals surface area contributed by atoms with E-state index in [2.05, 4.69) is 47.9 Å². The zero-order valence-corrected chi connectivity index (χ0v) is 16.8. The molecule has 3 N–H and O–H groups in total. The van der Waals surface area contributed by atoms with Crippen molar-refractivity contribution in [3.05, 3.63) is 59.8 Å². The summed E-state index contributed by atoms with van der Waals surface area (Å²) in [4.78, 5) is 24.7. The summed E-state index contributed by atoms with van der Waals surface area (Å²) < 4.78 is 0. The first kappa shape index (κ1) is 20.9. The summed E-state index contributed by atoms with van der Waals surface area (Å²) in [6.45, 7) is 2.51. The number of hydrogen-bond acceptors (Lipinski definition) is 6. The number of aromatic nitrogens is 5. The Morgan fingerprint density at radius 1 is 1.17 bits per heavy atom. The first-order valence-electron chi connectivity index (χ1n) is 9.49. The number of benzene rings is 1. The van der Waals surface area contributed by atoms with Gasteiger partial charge in [-0.2, -0.15) is 5.10 Å². The standard InChI is InChI=1S/C20H23N7O.ClH/c28-19(10-15-3-1-14(2-4-15)9-16-5-6-21-11-16)24-13-18-25-20(27-26-18)17-12-22-7-8-23-17;/h1-4,7-8,12,16,21H,5-6,9-11,13H2,(H,24,28)(H,25,26,27);1H. The van der Waals surface area contributed by atoms with E-state index in [0.717, 1.165) is 31.0 Å². The fourth-order valence-corrected chi connectivity index (χ4v) is 3.35. The van der Waals surface area contributed by atoms with Gasteiger partial charge in [-0.1, -0.05) is 24.3 Å². The van der Waals surface area contributed by atoms with E-state index in [4.69, 9.17) is 0 Å². The third-order valence-corrected chi connectivity index (χ3v) is 4.85. The molecule has 0 spiro atoms. The number of hydrogen-bond donors (Lipinski definition) is 3. The van der Waals surface area contributed by atoms with Crippen molar-refractivity contribution in [3.63, 3.8) is 0 Å². The Balaban J connectivity index is 0.00000240. The van der Waals surface area contributed by atoms with Crippen molar-refractivity contribution in [3.8, 4) is 11.5 Å². The van der Waals surface area contributed by atoms with E-state index in [1.165, 1.54) is 12.0 Å². The van der Waals surface area contributed by atoms with Gasteiger partial charge in [0.15, 0.2) is 0 Å². The normalized spacial score (nSPS) is 15.7. The topological polar surface area (TPSA) is 108 Å². The Hall–Kier alpha value is -2.84. The Morgan fingerprint density at radius 2 is 2.00 bits per heavy atom. The fraction of sp³-hybridized carbons (Fsp3) is 0.350. The van der Waals surface area contributed by atoms with Crippen LogP contribution >= 0.6 is 12.4 Å². The third kappa shape index (κ3) is 5.82. The van der Waals surface area contributed by atoms with E-state index in [1.807, 2.05) is 12.1 Å².